The van der Waals surface area contributed by atoms with Crippen LogP contribution in [0.3, 0.4) is 0 Å². The molecule has 6 nitrogen and oxygen atoms in total. The topological polar surface area (TPSA) is 75.7 Å². The highest BCUT2D eigenvalue weighted by atomic mass is 35.5. The third-order valence-electron chi connectivity index (χ3n) is 4.17. The molecule has 0 unspecified atom stereocenters. The second-order valence-corrected chi connectivity index (χ2v) is 8.24. The van der Waals surface area contributed by atoms with E-state index in [1.54, 1.807) is 18.2 Å². The second kappa shape index (κ2) is 7.75. The van der Waals surface area contributed by atoms with Gasteiger partial charge in [-0.1, -0.05) is 29.8 Å². The number of ether oxygens (including phenoxy) is 1. The molecule has 1 aliphatic heterocycles. The molecule has 0 spiro atoms. The van der Waals surface area contributed by atoms with Crippen LogP contribution < -0.4 is 5.32 Å². The highest BCUT2D eigenvalue weighted by Gasteiger charge is 2.28. The van der Waals surface area contributed by atoms with Gasteiger partial charge in [0.1, 0.15) is 4.90 Å². The fraction of sp³-hybridized carbons (Fsp3) is 0.278. The van der Waals surface area contributed by atoms with Crippen LogP contribution in [0.25, 0.3) is 0 Å². The van der Waals surface area contributed by atoms with E-state index in [1.807, 2.05) is 19.1 Å². The van der Waals surface area contributed by atoms with Gasteiger partial charge in [0.25, 0.3) is 5.91 Å². The number of morpholine rings is 1. The summed E-state index contributed by atoms with van der Waals surface area (Å²) in [7, 11) is -3.75. The predicted octanol–water partition coefficient (Wildman–Crippen LogP) is 2.92. The fourth-order valence-electron chi connectivity index (χ4n) is 2.73. The van der Waals surface area contributed by atoms with Gasteiger partial charge in [-0.05, 0) is 36.8 Å². The molecule has 0 atom stereocenters. The van der Waals surface area contributed by atoms with Gasteiger partial charge in [-0.15, -0.1) is 0 Å². The summed E-state index contributed by atoms with van der Waals surface area (Å²) in [5, 5.41) is 2.85. The minimum atomic E-state index is -3.75. The van der Waals surface area contributed by atoms with Crippen molar-refractivity contribution >= 4 is 33.2 Å². The van der Waals surface area contributed by atoms with Gasteiger partial charge < -0.3 is 10.1 Å². The van der Waals surface area contributed by atoms with Crippen molar-refractivity contribution in [3.63, 3.8) is 0 Å². The Morgan fingerprint density at radius 1 is 1.15 bits per heavy atom. The van der Waals surface area contributed by atoms with Gasteiger partial charge in [0.2, 0.25) is 10.0 Å². The number of anilines is 1. The van der Waals surface area contributed by atoms with Gasteiger partial charge in [0, 0.05) is 24.3 Å². The first-order valence-electron chi connectivity index (χ1n) is 8.14. The number of sulfonamides is 1. The molecule has 1 aliphatic rings. The van der Waals surface area contributed by atoms with Gasteiger partial charge in [-0.3, -0.25) is 4.79 Å². The number of nitrogens with one attached hydrogen (secondary N) is 1. The van der Waals surface area contributed by atoms with Crippen LogP contribution in [-0.4, -0.2) is 44.9 Å². The Balaban J connectivity index is 1.88. The van der Waals surface area contributed by atoms with E-state index in [1.165, 1.54) is 16.4 Å². The molecule has 2 aromatic rings. The number of carbonyl (C=O) groups is 1. The summed E-state index contributed by atoms with van der Waals surface area (Å²) >= 11 is 6.13. The Labute approximate surface area is 157 Å². The van der Waals surface area contributed by atoms with Gasteiger partial charge in [0.05, 0.1) is 18.2 Å². The van der Waals surface area contributed by atoms with Crippen LogP contribution in [-0.2, 0) is 14.8 Å². The first kappa shape index (κ1) is 18.8. The van der Waals surface area contributed by atoms with Crippen molar-refractivity contribution in [2.24, 2.45) is 0 Å². The maximum atomic E-state index is 12.8. The maximum Gasteiger partial charge on any atom is 0.255 e. The quantitative estimate of drug-likeness (QED) is 0.865. The number of nitrogens with zero attached hydrogens (tertiary/aromatic N) is 1. The average Bonchev–Trinajstić information content (AvgIpc) is 2.64. The Morgan fingerprint density at radius 2 is 1.85 bits per heavy atom. The molecule has 0 saturated carbocycles. The first-order valence-corrected chi connectivity index (χ1v) is 9.96. The lowest BCUT2D eigenvalue weighted by Gasteiger charge is -2.26. The SMILES string of the molecule is Cc1ccccc1C(=O)Nc1ccc(Cl)c(S(=O)(=O)N2CCOCC2)c1. The fourth-order valence-corrected chi connectivity index (χ4v) is 4.64. The lowest BCUT2D eigenvalue weighted by atomic mass is 10.1. The highest BCUT2D eigenvalue weighted by Crippen LogP contribution is 2.28. The van der Waals surface area contributed by atoms with Crippen molar-refractivity contribution in [1.82, 2.24) is 4.31 Å². The number of carbonyl (C=O) groups excluding carboxylic acids is 1. The number of hydrogen-bond acceptors (Lipinski definition) is 4. The Morgan fingerprint density at radius 3 is 2.54 bits per heavy atom. The van der Waals surface area contributed by atoms with Crippen LogP contribution in [0.5, 0.6) is 0 Å². The van der Waals surface area contributed by atoms with Gasteiger partial charge in [0.15, 0.2) is 0 Å². The number of amides is 1. The summed E-state index contributed by atoms with van der Waals surface area (Å²) in [6.45, 7) is 3.09. The standard InChI is InChI=1S/C18H19ClN2O4S/c1-13-4-2-3-5-15(13)18(22)20-14-6-7-16(19)17(12-14)26(23,24)21-8-10-25-11-9-21/h2-7,12H,8-11H2,1H3,(H,20,22). The Kier molecular flexibility index (Phi) is 5.62. The minimum absolute atomic E-state index is 0.0244. The van der Waals surface area contributed by atoms with Crippen LogP contribution >= 0.6 is 11.6 Å². The van der Waals surface area contributed by atoms with E-state index in [2.05, 4.69) is 5.32 Å². The normalized spacial score (nSPS) is 15.6. The number of hydrogen-bond donors (Lipinski definition) is 1. The van der Waals surface area contributed by atoms with Gasteiger partial charge in [-0.2, -0.15) is 4.31 Å². The van der Waals surface area contributed by atoms with Crippen molar-refractivity contribution in [2.45, 2.75) is 11.8 Å². The molecule has 0 radical (unpaired) electrons. The molecule has 1 heterocycles. The van der Waals surface area contributed by atoms with Crippen molar-refractivity contribution in [3.8, 4) is 0 Å². The molecule has 3 rings (SSSR count). The monoisotopic (exact) mass is 394 g/mol. The average molecular weight is 395 g/mol. The highest BCUT2D eigenvalue weighted by molar-refractivity contribution is 7.89. The number of rotatable bonds is 4. The van der Waals surface area contributed by atoms with Crippen molar-refractivity contribution in [2.75, 3.05) is 31.6 Å². The molecule has 1 fully saturated rings. The van der Waals surface area contributed by atoms with E-state index < -0.39 is 10.0 Å². The Bertz CT molecular complexity index is 925. The zero-order chi connectivity index (χ0) is 18.7. The predicted molar refractivity (Wildman–Crippen MR) is 100 cm³/mol. The summed E-state index contributed by atoms with van der Waals surface area (Å²) in [5.41, 5.74) is 1.73. The molecule has 2 aromatic carbocycles. The number of benzene rings is 2. The molecule has 138 valence electrons. The van der Waals surface area contributed by atoms with Crippen LogP contribution in [0.1, 0.15) is 15.9 Å². The lowest BCUT2D eigenvalue weighted by molar-refractivity contribution is 0.0730. The van der Waals surface area contributed by atoms with Gasteiger partial charge in [-0.25, -0.2) is 8.42 Å². The summed E-state index contributed by atoms with van der Waals surface area (Å²) in [6.07, 6.45) is 0. The van der Waals surface area contributed by atoms with Crippen LogP contribution in [0, 0.1) is 6.92 Å². The molecule has 8 heteroatoms. The van der Waals surface area contributed by atoms with E-state index in [0.29, 0.717) is 24.5 Å². The third kappa shape index (κ3) is 3.91. The summed E-state index contributed by atoms with van der Waals surface area (Å²) in [6, 6.07) is 11.6. The van der Waals surface area contributed by atoms with E-state index in [9.17, 15) is 13.2 Å². The van der Waals surface area contributed by atoms with E-state index in [-0.39, 0.29) is 28.9 Å². The zero-order valence-corrected chi connectivity index (χ0v) is 15.8. The molecule has 0 bridgehead atoms. The smallest absolute Gasteiger partial charge is 0.255 e. The van der Waals surface area contributed by atoms with Crippen LogP contribution in [0.15, 0.2) is 47.4 Å². The van der Waals surface area contributed by atoms with Crippen molar-refractivity contribution in [3.05, 3.63) is 58.6 Å². The summed E-state index contributed by atoms with van der Waals surface area (Å²) < 4.78 is 32.2. The van der Waals surface area contributed by atoms with Crippen molar-refractivity contribution in [1.29, 1.82) is 0 Å². The summed E-state index contributed by atoms with van der Waals surface area (Å²) in [5.74, 6) is -0.305. The Hall–Kier alpha value is -1.93. The van der Waals surface area contributed by atoms with Gasteiger partial charge >= 0.3 is 0 Å². The summed E-state index contributed by atoms with van der Waals surface area (Å²) in [4.78, 5) is 12.4. The minimum Gasteiger partial charge on any atom is -0.379 e. The number of aryl methyl sites for hydroxylation is 1. The number of halogens is 1. The van der Waals surface area contributed by atoms with Crippen molar-refractivity contribution < 1.29 is 17.9 Å². The molecular weight excluding hydrogens is 376 g/mol. The zero-order valence-electron chi connectivity index (χ0n) is 14.2. The van der Waals surface area contributed by atoms with E-state index >= 15 is 0 Å². The molecule has 1 saturated heterocycles. The van der Waals surface area contributed by atoms with E-state index in [4.69, 9.17) is 16.3 Å². The third-order valence-corrected chi connectivity index (χ3v) is 6.55. The van der Waals surface area contributed by atoms with Crippen LogP contribution in [0.4, 0.5) is 5.69 Å². The molecule has 1 amide bonds. The molecule has 26 heavy (non-hydrogen) atoms. The van der Waals surface area contributed by atoms with E-state index in [0.717, 1.165) is 5.56 Å². The first-order chi connectivity index (χ1) is 12.4. The van der Waals surface area contributed by atoms with Crippen LogP contribution in [0.2, 0.25) is 5.02 Å². The maximum absolute atomic E-state index is 12.8. The molecule has 0 aliphatic carbocycles. The second-order valence-electron chi connectivity index (χ2n) is 5.93. The molecule has 1 N–H and O–H groups in total. The molecule has 0 aromatic heterocycles. The largest absolute Gasteiger partial charge is 0.379 e. The molecular formula is C18H19ClN2O4S. The lowest BCUT2D eigenvalue weighted by Crippen LogP contribution is -2.40.